The Bertz CT molecular complexity index is 1530. The van der Waals surface area contributed by atoms with Crippen LogP contribution >= 0.6 is 22.7 Å². The van der Waals surface area contributed by atoms with Gasteiger partial charge in [-0.05, 0) is 108 Å². The number of hydrogen-bond donors (Lipinski definition) is 0. The minimum atomic E-state index is -4.08. The molecule has 240 valence electrons. The molecule has 45 heavy (non-hydrogen) atoms. The first kappa shape index (κ1) is 34.1. The van der Waals surface area contributed by atoms with Gasteiger partial charge in [-0.2, -0.15) is 8.42 Å². The molecule has 14 nitrogen and oxygen atoms in total. The van der Waals surface area contributed by atoms with Gasteiger partial charge in [0.25, 0.3) is 0 Å². The van der Waals surface area contributed by atoms with Gasteiger partial charge >= 0.3 is 20.7 Å². The van der Waals surface area contributed by atoms with E-state index in [1.54, 1.807) is 20.4 Å². The third kappa shape index (κ3) is 10.7. The van der Waals surface area contributed by atoms with Crippen molar-refractivity contribution in [2.45, 2.75) is 26.7 Å². The van der Waals surface area contributed by atoms with Gasteiger partial charge in [0.15, 0.2) is 0 Å². The first-order chi connectivity index (χ1) is 21.8. The van der Waals surface area contributed by atoms with E-state index in [9.17, 15) is 8.42 Å². The predicted octanol–water partition coefficient (Wildman–Crippen LogP) is 5.49. The summed E-state index contributed by atoms with van der Waals surface area (Å²) < 4.78 is 38.1. The quantitative estimate of drug-likeness (QED) is 0.0766. The van der Waals surface area contributed by atoms with Gasteiger partial charge in [-0.25, -0.2) is 8.37 Å². The standard InChI is InChI=1S/C28H38N10O4S3/c1-5-37(25-13-9-23(10-14-25)31-33-27-35(3)29-21-43-27)17-7-19-41-45(39,40)42-20-8-18-38(6-2)26-15-11-24(12-16-26)32-34-28-36(4)30-22-44-28/h9-16,21-22H,5-8,17-20H2,1-4H3/q+2. The Balaban J connectivity index is 1.15. The Morgan fingerprint density at radius 2 is 1.09 bits per heavy atom. The molecule has 0 aliphatic carbocycles. The van der Waals surface area contributed by atoms with Crippen molar-refractivity contribution in [3.63, 3.8) is 0 Å². The maximum atomic E-state index is 12.3. The summed E-state index contributed by atoms with van der Waals surface area (Å²) >= 11 is 2.82. The topological polar surface area (TPSA) is 142 Å². The van der Waals surface area contributed by atoms with E-state index in [4.69, 9.17) is 8.37 Å². The zero-order valence-corrected chi connectivity index (χ0v) is 28.2. The van der Waals surface area contributed by atoms with Crippen molar-refractivity contribution >= 4 is 66.1 Å². The summed E-state index contributed by atoms with van der Waals surface area (Å²) in [6.07, 6.45) is 1.03. The Morgan fingerprint density at radius 3 is 1.42 bits per heavy atom. The SMILES string of the molecule is CCN(CCCOS(=O)(=O)OCCCN(CC)c1ccc(/N=N/c2scn[n+]2C)cc1)c1ccc(/N=N/c2scn[n+]2C)cc1. The van der Waals surface area contributed by atoms with Crippen LogP contribution in [-0.2, 0) is 32.9 Å². The van der Waals surface area contributed by atoms with Crippen LogP contribution < -0.4 is 19.2 Å². The Labute approximate surface area is 271 Å². The smallest absolute Gasteiger partial charge is 0.372 e. The lowest BCUT2D eigenvalue weighted by atomic mass is 10.2. The van der Waals surface area contributed by atoms with Crippen molar-refractivity contribution in [2.75, 3.05) is 49.2 Å². The van der Waals surface area contributed by atoms with Crippen LogP contribution in [0.4, 0.5) is 33.0 Å². The maximum absolute atomic E-state index is 12.3. The van der Waals surface area contributed by atoms with Crippen LogP contribution in [0.3, 0.4) is 0 Å². The Morgan fingerprint density at radius 1 is 0.689 bits per heavy atom. The third-order valence-electron chi connectivity index (χ3n) is 6.61. The van der Waals surface area contributed by atoms with Crippen LogP contribution in [0.15, 0.2) is 80.0 Å². The second kappa shape index (κ2) is 17.1. The minimum absolute atomic E-state index is 0.0308. The summed E-state index contributed by atoms with van der Waals surface area (Å²) in [5.74, 6) is 0. The fourth-order valence-electron chi connectivity index (χ4n) is 4.18. The molecule has 0 radical (unpaired) electrons. The molecule has 0 aliphatic heterocycles. The van der Waals surface area contributed by atoms with Crippen molar-refractivity contribution in [3.8, 4) is 0 Å². The zero-order valence-electron chi connectivity index (χ0n) is 25.8. The first-order valence-corrected chi connectivity index (χ1v) is 17.5. The van der Waals surface area contributed by atoms with E-state index < -0.39 is 10.4 Å². The second-order valence-corrected chi connectivity index (χ2v) is 12.6. The van der Waals surface area contributed by atoms with Gasteiger partial charge in [0.1, 0.15) is 36.5 Å². The summed E-state index contributed by atoms with van der Waals surface area (Å²) in [7, 11) is -0.446. The molecule has 0 atom stereocenters. The molecule has 0 saturated carbocycles. The van der Waals surface area contributed by atoms with Crippen molar-refractivity contribution in [1.29, 1.82) is 0 Å². The summed E-state index contributed by atoms with van der Waals surface area (Å²) in [6.45, 7) is 6.91. The van der Waals surface area contributed by atoms with E-state index in [-0.39, 0.29) is 13.2 Å². The number of nitrogens with zero attached hydrogens (tertiary/aromatic N) is 10. The van der Waals surface area contributed by atoms with Gasteiger partial charge in [0.05, 0.1) is 23.4 Å². The van der Waals surface area contributed by atoms with Crippen LogP contribution in [0.5, 0.6) is 0 Å². The molecule has 0 amide bonds. The van der Waals surface area contributed by atoms with E-state index in [0.717, 1.165) is 35.8 Å². The van der Waals surface area contributed by atoms with Gasteiger partial charge < -0.3 is 9.80 Å². The molecule has 0 unspecified atom stereocenters. The number of aromatic nitrogens is 4. The van der Waals surface area contributed by atoms with Crippen molar-refractivity contribution in [2.24, 2.45) is 34.6 Å². The van der Waals surface area contributed by atoms with Gasteiger partial charge in [-0.1, -0.05) is 10.2 Å². The predicted molar refractivity (Wildman–Crippen MR) is 174 cm³/mol. The van der Waals surface area contributed by atoms with Crippen molar-refractivity contribution in [3.05, 3.63) is 59.6 Å². The van der Waals surface area contributed by atoms with Crippen molar-refractivity contribution < 1.29 is 26.1 Å². The lowest BCUT2D eigenvalue weighted by molar-refractivity contribution is -0.713. The average molecular weight is 675 g/mol. The molecule has 0 aliphatic rings. The molecule has 0 fully saturated rings. The summed E-state index contributed by atoms with van der Waals surface area (Å²) in [5.41, 5.74) is 6.89. The highest BCUT2D eigenvalue weighted by molar-refractivity contribution is 7.81. The first-order valence-electron chi connectivity index (χ1n) is 14.4. The number of azo groups is 2. The minimum Gasteiger partial charge on any atom is -0.372 e. The second-order valence-electron chi connectivity index (χ2n) is 9.64. The van der Waals surface area contributed by atoms with Crippen LogP contribution in [0.25, 0.3) is 0 Å². The van der Waals surface area contributed by atoms with Crippen LogP contribution in [0, 0.1) is 0 Å². The number of anilines is 2. The lowest BCUT2D eigenvalue weighted by Crippen LogP contribution is -2.28. The largest absolute Gasteiger partial charge is 0.429 e. The molecule has 2 aromatic heterocycles. The monoisotopic (exact) mass is 674 g/mol. The van der Waals surface area contributed by atoms with E-state index in [1.807, 2.05) is 76.5 Å². The number of benzene rings is 2. The Hall–Kier alpha value is -3.77. The van der Waals surface area contributed by atoms with E-state index >= 15 is 0 Å². The highest BCUT2D eigenvalue weighted by Gasteiger charge is 2.14. The van der Waals surface area contributed by atoms with Crippen molar-refractivity contribution in [1.82, 2.24) is 10.2 Å². The zero-order chi connectivity index (χ0) is 32.1. The van der Waals surface area contributed by atoms with Gasteiger partial charge in [-0.15, -0.1) is 9.36 Å². The molecule has 2 aromatic carbocycles. The van der Waals surface area contributed by atoms with Gasteiger partial charge in [-0.3, -0.25) is 0 Å². The number of hydrogen-bond acceptors (Lipinski definition) is 14. The molecular formula is C28H38N10O4S3+2. The van der Waals surface area contributed by atoms with Gasteiger partial charge in [0, 0.05) is 37.6 Å². The molecule has 0 spiro atoms. The molecule has 17 heteroatoms. The van der Waals surface area contributed by atoms with Crippen LogP contribution in [0.2, 0.25) is 0 Å². The fourth-order valence-corrected chi connectivity index (χ4v) is 6.03. The molecule has 2 heterocycles. The lowest BCUT2D eigenvalue weighted by Gasteiger charge is -2.23. The van der Waals surface area contributed by atoms with Crippen LogP contribution in [0.1, 0.15) is 26.7 Å². The van der Waals surface area contributed by atoms with E-state index in [1.165, 1.54) is 22.7 Å². The van der Waals surface area contributed by atoms with E-state index in [2.05, 4.69) is 40.5 Å². The highest BCUT2D eigenvalue weighted by atomic mass is 32.3. The Kier molecular flexibility index (Phi) is 12.9. The molecule has 0 bridgehead atoms. The summed E-state index contributed by atoms with van der Waals surface area (Å²) in [4.78, 5) is 4.27. The molecule has 4 rings (SSSR count). The third-order valence-corrected chi connectivity index (χ3v) is 9.03. The van der Waals surface area contributed by atoms with Crippen LogP contribution in [-0.4, -0.2) is 58.0 Å². The average Bonchev–Trinajstić information content (AvgIpc) is 3.66. The molecule has 0 N–H and O–H groups in total. The normalized spacial score (nSPS) is 12.0. The van der Waals surface area contributed by atoms with Gasteiger partial charge in [0.2, 0.25) is 0 Å². The highest BCUT2D eigenvalue weighted by Crippen LogP contribution is 2.24. The number of rotatable bonds is 18. The maximum Gasteiger partial charge on any atom is 0.429 e. The number of aryl methyl sites for hydroxylation is 2. The van der Waals surface area contributed by atoms with E-state index in [0.29, 0.717) is 36.2 Å². The molecular weight excluding hydrogens is 637 g/mol. The summed E-state index contributed by atoms with van der Waals surface area (Å²) in [5, 5.41) is 26.6. The molecule has 0 saturated heterocycles. The summed E-state index contributed by atoms with van der Waals surface area (Å²) in [6, 6.07) is 15.4. The molecule has 4 aromatic rings. The fraction of sp³-hybridized carbons (Fsp3) is 0.429.